The van der Waals surface area contributed by atoms with Gasteiger partial charge < -0.3 is 14.2 Å². The van der Waals surface area contributed by atoms with Gasteiger partial charge in [-0.2, -0.15) is 0 Å². The van der Waals surface area contributed by atoms with Crippen molar-refractivity contribution in [2.45, 2.75) is 53.2 Å². The SMILES string of the molecule is CCOCC(C)OCC(C)OC(=O)CC(C)C. The zero-order valence-corrected chi connectivity index (χ0v) is 11.7. The molecule has 2 unspecified atom stereocenters. The van der Waals surface area contributed by atoms with Gasteiger partial charge in [0.25, 0.3) is 0 Å². The lowest BCUT2D eigenvalue weighted by Gasteiger charge is -2.18. The molecule has 2 atom stereocenters. The minimum absolute atomic E-state index is 0.0289. The lowest BCUT2D eigenvalue weighted by atomic mass is 10.1. The highest BCUT2D eigenvalue weighted by molar-refractivity contribution is 5.69. The third-order valence-corrected chi connectivity index (χ3v) is 2.08. The Morgan fingerprint density at radius 2 is 1.71 bits per heavy atom. The van der Waals surface area contributed by atoms with Gasteiger partial charge in [0.2, 0.25) is 0 Å². The molecule has 0 bridgehead atoms. The van der Waals surface area contributed by atoms with E-state index in [1.165, 1.54) is 0 Å². The van der Waals surface area contributed by atoms with Gasteiger partial charge in [-0.3, -0.25) is 4.79 Å². The molecule has 17 heavy (non-hydrogen) atoms. The molecule has 0 aliphatic heterocycles. The number of carbonyl (C=O) groups is 1. The summed E-state index contributed by atoms with van der Waals surface area (Å²) in [7, 11) is 0. The van der Waals surface area contributed by atoms with Crippen LogP contribution in [0.3, 0.4) is 0 Å². The van der Waals surface area contributed by atoms with E-state index in [1.807, 2.05) is 34.6 Å². The van der Waals surface area contributed by atoms with Crippen LogP contribution in [0.4, 0.5) is 0 Å². The van der Waals surface area contributed by atoms with Crippen LogP contribution in [-0.4, -0.2) is 38.0 Å². The fraction of sp³-hybridized carbons (Fsp3) is 0.923. The number of hydrogen-bond donors (Lipinski definition) is 0. The third-order valence-electron chi connectivity index (χ3n) is 2.08. The van der Waals surface area contributed by atoms with E-state index in [1.54, 1.807) is 0 Å². The van der Waals surface area contributed by atoms with E-state index in [-0.39, 0.29) is 18.2 Å². The smallest absolute Gasteiger partial charge is 0.306 e. The van der Waals surface area contributed by atoms with Crippen LogP contribution >= 0.6 is 0 Å². The van der Waals surface area contributed by atoms with Crippen molar-refractivity contribution in [1.29, 1.82) is 0 Å². The Labute approximate surface area is 105 Å². The Bertz CT molecular complexity index is 204. The third kappa shape index (κ3) is 10.3. The lowest BCUT2D eigenvalue weighted by molar-refractivity contribution is -0.153. The first-order chi connectivity index (χ1) is 7.95. The molecule has 0 heterocycles. The molecule has 4 nitrogen and oxygen atoms in total. The second-order valence-electron chi connectivity index (χ2n) is 4.70. The van der Waals surface area contributed by atoms with E-state index in [2.05, 4.69) is 0 Å². The van der Waals surface area contributed by atoms with Gasteiger partial charge in [-0.25, -0.2) is 0 Å². The van der Waals surface area contributed by atoms with Gasteiger partial charge in [0, 0.05) is 13.0 Å². The van der Waals surface area contributed by atoms with Crippen LogP contribution in [0.5, 0.6) is 0 Å². The summed E-state index contributed by atoms with van der Waals surface area (Å²) in [5.74, 6) is 0.168. The van der Waals surface area contributed by atoms with Crippen molar-refractivity contribution in [1.82, 2.24) is 0 Å². The minimum Gasteiger partial charge on any atom is -0.460 e. The van der Waals surface area contributed by atoms with Crippen molar-refractivity contribution < 1.29 is 19.0 Å². The standard InChI is InChI=1S/C13H26O4/c1-6-15-8-11(4)16-9-12(5)17-13(14)7-10(2)3/h10-12H,6-9H2,1-5H3. The lowest BCUT2D eigenvalue weighted by Crippen LogP contribution is -2.25. The number of esters is 1. The molecule has 0 rings (SSSR count). The molecule has 0 N–H and O–H groups in total. The summed E-state index contributed by atoms with van der Waals surface area (Å²) >= 11 is 0. The quantitative estimate of drug-likeness (QED) is 0.586. The van der Waals surface area contributed by atoms with E-state index >= 15 is 0 Å². The maximum atomic E-state index is 11.4. The summed E-state index contributed by atoms with van der Waals surface area (Å²) < 4.78 is 15.9. The second kappa shape index (κ2) is 9.42. The summed E-state index contributed by atoms with van der Waals surface area (Å²) in [4.78, 5) is 11.4. The highest BCUT2D eigenvalue weighted by Gasteiger charge is 2.12. The molecule has 0 fully saturated rings. The predicted molar refractivity (Wildman–Crippen MR) is 66.9 cm³/mol. The molecule has 102 valence electrons. The van der Waals surface area contributed by atoms with Gasteiger partial charge in [-0.05, 0) is 26.7 Å². The first-order valence-corrected chi connectivity index (χ1v) is 6.34. The molecular formula is C13H26O4. The summed E-state index contributed by atoms with van der Waals surface area (Å²) in [6, 6.07) is 0. The molecule has 0 aliphatic carbocycles. The molecule has 0 saturated carbocycles. The summed E-state index contributed by atoms with van der Waals surface area (Å²) in [6.07, 6.45) is 0.283. The Kier molecular flexibility index (Phi) is 9.09. The Hall–Kier alpha value is -0.610. The van der Waals surface area contributed by atoms with Gasteiger partial charge in [0.15, 0.2) is 0 Å². The van der Waals surface area contributed by atoms with Crippen molar-refractivity contribution in [3.63, 3.8) is 0 Å². The van der Waals surface area contributed by atoms with Gasteiger partial charge in [-0.15, -0.1) is 0 Å². The van der Waals surface area contributed by atoms with Crippen molar-refractivity contribution in [3.05, 3.63) is 0 Å². The molecule has 0 aromatic carbocycles. The van der Waals surface area contributed by atoms with Gasteiger partial charge in [-0.1, -0.05) is 13.8 Å². The summed E-state index contributed by atoms with van der Waals surface area (Å²) in [5, 5.41) is 0. The molecule has 4 heteroatoms. The fourth-order valence-corrected chi connectivity index (χ4v) is 1.27. The molecule has 0 amide bonds. The second-order valence-corrected chi connectivity index (χ2v) is 4.70. The molecule has 0 aromatic rings. The molecule has 0 saturated heterocycles. The Balaban J connectivity index is 3.64. The fourth-order valence-electron chi connectivity index (χ4n) is 1.27. The largest absolute Gasteiger partial charge is 0.460 e. The average molecular weight is 246 g/mol. The average Bonchev–Trinajstić information content (AvgIpc) is 2.22. The van der Waals surface area contributed by atoms with Crippen LogP contribution in [0.1, 0.15) is 41.0 Å². The molecule has 0 radical (unpaired) electrons. The van der Waals surface area contributed by atoms with E-state index < -0.39 is 0 Å². The van der Waals surface area contributed by atoms with Crippen LogP contribution in [0.2, 0.25) is 0 Å². The molecule has 0 spiro atoms. The molecular weight excluding hydrogens is 220 g/mol. The highest BCUT2D eigenvalue weighted by Crippen LogP contribution is 2.04. The highest BCUT2D eigenvalue weighted by atomic mass is 16.6. The van der Waals surface area contributed by atoms with Crippen LogP contribution in [0.25, 0.3) is 0 Å². The van der Waals surface area contributed by atoms with E-state index in [4.69, 9.17) is 14.2 Å². The van der Waals surface area contributed by atoms with Crippen molar-refractivity contribution in [2.24, 2.45) is 5.92 Å². The predicted octanol–water partition coefficient (Wildman–Crippen LogP) is 2.41. The minimum atomic E-state index is -0.203. The van der Waals surface area contributed by atoms with Gasteiger partial charge in [0.1, 0.15) is 6.10 Å². The van der Waals surface area contributed by atoms with E-state index in [9.17, 15) is 4.79 Å². The van der Waals surface area contributed by atoms with Crippen LogP contribution in [0.15, 0.2) is 0 Å². The van der Waals surface area contributed by atoms with E-state index in [0.29, 0.717) is 32.2 Å². The molecule has 0 aliphatic rings. The van der Waals surface area contributed by atoms with Crippen LogP contribution in [0, 0.1) is 5.92 Å². The number of ether oxygens (including phenoxy) is 3. The Morgan fingerprint density at radius 3 is 2.24 bits per heavy atom. The first-order valence-electron chi connectivity index (χ1n) is 6.34. The molecule has 0 aromatic heterocycles. The maximum absolute atomic E-state index is 11.4. The van der Waals surface area contributed by atoms with Crippen molar-refractivity contribution in [3.8, 4) is 0 Å². The zero-order valence-electron chi connectivity index (χ0n) is 11.7. The number of hydrogen-bond acceptors (Lipinski definition) is 4. The Morgan fingerprint density at radius 1 is 1.06 bits per heavy atom. The van der Waals surface area contributed by atoms with E-state index in [0.717, 1.165) is 0 Å². The monoisotopic (exact) mass is 246 g/mol. The van der Waals surface area contributed by atoms with Crippen molar-refractivity contribution in [2.75, 3.05) is 19.8 Å². The van der Waals surface area contributed by atoms with Gasteiger partial charge >= 0.3 is 5.97 Å². The zero-order chi connectivity index (χ0) is 13.3. The van der Waals surface area contributed by atoms with Gasteiger partial charge in [0.05, 0.1) is 19.3 Å². The normalized spacial score (nSPS) is 14.7. The van der Waals surface area contributed by atoms with Crippen LogP contribution < -0.4 is 0 Å². The summed E-state index contributed by atoms with van der Waals surface area (Å²) in [6.45, 7) is 11.4. The summed E-state index contributed by atoms with van der Waals surface area (Å²) in [5.41, 5.74) is 0. The first kappa shape index (κ1) is 16.4. The number of carbonyl (C=O) groups excluding carboxylic acids is 1. The maximum Gasteiger partial charge on any atom is 0.306 e. The number of rotatable bonds is 9. The van der Waals surface area contributed by atoms with Crippen molar-refractivity contribution >= 4 is 5.97 Å². The van der Waals surface area contributed by atoms with Crippen LogP contribution in [-0.2, 0) is 19.0 Å². The topological polar surface area (TPSA) is 44.8 Å².